The first kappa shape index (κ1) is 14.5. The van der Waals surface area contributed by atoms with Gasteiger partial charge < -0.3 is 9.52 Å². The summed E-state index contributed by atoms with van der Waals surface area (Å²) in [4.78, 5) is 11.9. The Morgan fingerprint density at radius 2 is 2.26 bits per heavy atom. The molecule has 0 fully saturated rings. The molecule has 2 aromatic rings. The van der Waals surface area contributed by atoms with Crippen LogP contribution >= 0.6 is 39.0 Å². The van der Waals surface area contributed by atoms with Crippen molar-refractivity contribution in [2.45, 2.75) is 24.3 Å². The molecule has 102 valence electrons. The maximum absolute atomic E-state index is 11.0. The molecular weight excluding hydrogens is 352 g/mol. The normalized spacial score (nSPS) is 11.7. The molecule has 0 aliphatic carbocycles. The van der Waals surface area contributed by atoms with Crippen molar-refractivity contribution in [1.82, 2.24) is 10.2 Å². The lowest BCUT2D eigenvalue weighted by atomic mass is 10.2. The molecule has 0 radical (unpaired) electrons. The summed E-state index contributed by atoms with van der Waals surface area (Å²) in [7, 11) is 0. The molecule has 0 saturated heterocycles. The van der Waals surface area contributed by atoms with Crippen LogP contribution in [0, 0.1) is 0 Å². The minimum absolute atomic E-state index is 0.374. The molecule has 5 nitrogen and oxygen atoms in total. The summed E-state index contributed by atoms with van der Waals surface area (Å²) >= 11 is 6.12. The van der Waals surface area contributed by atoms with Gasteiger partial charge in [-0.25, -0.2) is 0 Å². The van der Waals surface area contributed by atoms with Crippen LogP contribution in [0.15, 0.2) is 20.3 Å². The molecule has 0 atom stereocenters. The van der Waals surface area contributed by atoms with Crippen LogP contribution in [0.3, 0.4) is 0 Å². The number of aliphatic carboxylic acids is 1. The molecular formula is C11H11BrN2O3S2. The Morgan fingerprint density at radius 3 is 2.84 bits per heavy atom. The highest BCUT2D eigenvalue weighted by molar-refractivity contribution is 9.11. The van der Waals surface area contributed by atoms with Crippen LogP contribution in [-0.2, 0) is 10.5 Å². The minimum Gasteiger partial charge on any atom is -0.480 e. The molecule has 0 aliphatic heterocycles. The van der Waals surface area contributed by atoms with E-state index in [1.165, 1.54) is 23.1 Å². The minimum atomic E-state index is -0.874. The van der Waals surface area contributed by atoms with Crippen LogP contribution in [0.25, 0.3) is 10.8 Å². The second-order valence-electron chi connectivity index (χ2n) is 4.21. The van der Waals surface area contributed by atoms with Gasteiger partial charge in [0.15, 0.2) is 0 Å². The quantitative estimate of drug-likeness (QED) is 0.874. The zero-order chi connectivity index (χ0) is 14.0. The van der Waals surface area contributed by atoms with E-state index in [1.54, 1.807) is 13.8 Å². The summed E-state index contributed by atoms with van der Waals surface area (Å²) < 4.78 is 5.63. The van der Waals surface area contributed by atoms with E-state index in [-0.39, 0.29) is 0 Å². The van der Waals surface area contributed by atoms with E-state index >= 15 is 0 Å². The Hall–Kier alpha value is -0.860. The van der Waals surface area contributed by atoms with Crippen LogP contribution in [0.4, 0.5) is 0 Å². The number of aromatic nitrogens is 2. The van der Waals surface area contributed by atoms with Crippen molar-refractivity contribution in [2.75, 3.05) is 0 Å². The zero-order valence-electron chi connectivity index (χ0n) is 10.2. The molecule has 1 N–H and O–H groups in total. The molecule has 0 aromatic carbocycles. The lowest BCUT2D eigenvalue weighted by molar-refractivity contribution is -0.138. The van der Waals surface area contributed by atoms with Crippen LogP contribution in [0.1, 0.15) is 19.7 Å². The van der Waals surface area contributed by atoms with Gasteiger partial charge in [-0.3, -0.25) is 4.79 Å². The molecule has 0 spiro atoms. The Labute approximate surface area is 126 Å². The van der Waals surface area contributed by atoms with Gasteiger partial charge in [0.05, 0.1) is 14.4 Å². The molecule has 8 heteroatoms. The van der Waals surface area contributed by atoms with Gasteiger partial charge in [-0.2, -0.15) is 0 Å². The number of hydrogen-bond acceptors (Lipinski definition) is 6. The fourth-order valence-corrected chi connectivity index (χ4v) is 3.18. The number of rotatable bonds is 5. The second-order valence-corrected chi connectivity index (χ2v) is 8.27. The predicted octanol–water partition coefficient (Wildman–Crippen LogP) is 3.66. The third-order valence-electron chi connectivity index (χ3n) is 2.32. The molecule has 0 amide bonds. The third-order valence-corrected chi connectivity index (χ3v) is 5.22. The van der Waals surface area contributed by atoms with Gasteiger partial charge in [-0.1, -0.05) is 0 Å². The Morgan fingerprint density at radius 1 is 1.53 bits per heavy atom. The van der Waals surface area contributed by atoms with Crippen LogP contribution in [0.5, 0.6) is 0 Å². The van der Waals surface area contributed by atoms with Gasteiger partial charge in [-0.05, 0) is 41.9 Å². The average molecular weight is 363 g/mol. The third kappa shape index (κ3) is 3.58. The highest BCUT2D eigenvalue weighted by Crippen LogP contribution is 2.32. The van der Waals surface area contributed by atoms with E-state index in [0.717, 1.165) is 8.66 Å². The van der Waals surface area contributed by atoms with Crippen molar-refractivity contribution in [3.05, 3.63) is 21.8 Å². The molecule has 2 heterocycles. The smallest absolute Gasteiger partial charge is 0.319 e. The van der Waals surface area contributed by atoms with E-state index in [0.29, 0.717) is 17.5 Å². The molecule has 19 heavy (non-hydrogen) atoms. The summed E-state index contributed by atoms with van der Waals surface area (Å²) in [5.74, 6) is 0.400. The van der Waals surface area contributed by atoms with Crippen LogP contribution in [-0.4, -0.2) is 26.0 Å². The topological polar surface area (TPSA) is 76.2 Å². The van der Waals surface area contributed by atoms with Gasteiger partial charge in [0.2, 0.25) is 5.89 Å². The number of nitrogens with zero attached hydrogens (tertiary/aromatic N) is 2. The van der Waals surface area contributed by atoms with Gasteiger partial charge in [0.1, 0.15) is 4.75 Å². The number of thiophene rings is 1. The summed E-state index contributed by atoms with van der Waals surface area (Å²) in [5, 5.41) is 16.9. The van der Waals surface area contributed by atoms with Crippen molar-refractivity contribution in [1.29, 1.82) is 0 Å². The number of thioether (sulfide) groups is 1. The van der Waals surface area contributed by atoms with Crippen molar-refractivity contribution in [3.63, 3.8) is 0 Å². The summed E-state index contributed by atoms with van der Waals surface area (Å²) in [6.07, 6.45) is 0. The fraction of sp³-hybridized carbons (Fsp3) is 0.364. The fourth-order valence-electron chi connectivity index (χ4n) is 1.14. The predicted molar refractivity (Wildman–Crippen MR) is 78.3 cm³/mol. The first-order chi connectivity index (χ1) is 8.88. The Balaban J connectivity index is 2.04. The summed E-state index contributed by atoms with van der Waals surface area (Å²) in [5.41, 5.74) is 0. The molecule has 0 bridgehead atoms. The van der Waals surface area contributed by atoms with Gasteiger partial charge in [0.25, 0.3) is 5.89 Å². The van der Waals surface area contributed by atoms with Gasteiger partial charge in [-0.15, -0.1) is 33.3 Å². The van der Waals surface area contributed by atoms with E-state index in [1.807, 2.05) is 12.1 Å². The molecule has 0 unspecified atom stereocenters. The monoisotopic (exact) mass is 362 g/mol. The van der Waals surface area contributed by atoms with E-state index in [2.05, 4.69) is 26.1 Å². The van der Waals surface area contributed by atoms with Crippen molar-refractivity contribution < 1.29 is 14.3 Å². The lowest BCUT2D eigenvalue weighted by Gasteiger charge is -2.16. The number of carboxylic acid groups (broad SMARTS) is 1. The maximum Gasteiger partial charge on any atom is 0.319 e. The van der Waals surface area contributed by atoms with Crippen LogP contribution in [0.2, 0.25) is 0 Å². The first-order valence-electron chi connectivity index (χ1n) is 5.34. The standard InChI is InChI=1S/C11H11BrN2O3S2/c1-11(2,10(15)16)18-5-8-13-14-9(17-8)6-3-4-7(12)19-6/h3-4H,5H2,1-2H3,(H,15,16). The summed E-state index contributed by atoms with van der Waals surface area (Å²) in [6, 6.07) is 3.80. The van der Waals surface area contributed by atoms with E-state index < -0.39 is 10.7 Å². The number of carboxylic acids is 1. The highest BCUT2D eigenvalue weighted by atomic mass is 79.9. The molecule has 2 aromatic heterocycles. The van der Waals surface area contributed by atoms with Crippen molar-refractivity contribution >= 4 is 45.0 Å². The Bertz CT molecular complexity index is 594. The SMILES string of the molecule is CC(C)(SCc1nnc(-c2ccc(Br)s2)o1)C(=O)O. The van der Waals surface area contributed by atoms with E-state index in [9.17, 15) is 4.79 Å². The van der Waals surface area contributed by atoms with Gasteiger partial charge >= 0.3 is 5.97 Å². The highest BCUT2D eigenvalue weighted by Gasteiger charge is 2.28. The van der Waals surface area contributed by atoms with Crippen molar-refractivity contribution in [3.8, 4) is 10.8 Å². The Kier molecular flexibility index (Phi) is 4.32. The lowest BCUT2D eigenvalue weighted by Crippen LogP contribution is -2.27. The van der Waals surface area contributed by atoms with E-state index in [4.69, 9.17) is 9.52 Å². The largest absolute Gasteiger partial charge is 0.480 e. The number of halogens is 1. The van der Waals surface area contributed by atoms with Crippen molar-refractivity contribution in [2.24, 2.45) is 0 Å². The number of hydrogen-bond donors (Lipinski definition) is 1. The van der Waals surface area contributed by atoms with Crippen LogP contribution < -0.4 is 0 Å². The first-order valence-corrected chi connectivity index (χ1v) is 7.93. The van der Waals surface area contributed by atoms with Gasteiger partial charge in [0, 0.05) is 0 Å². The molecule has 2 rings (SSSR count). The maximum atomic E-state index is 11.0. The summed E-state index contributed by atoms with van der Waals surface area (Å²) in [6.45, 7) is 3.29. The average Bonchev–Trinajstić information content (AvgIpc) is 2.94. The zero-order valence-corrected chi connectivity index (χ0v) is 13.4. The number of carbonyl (C=O) groups is 1. The molecule has 0 saturated carbocycles. The second kappa shape index (κ2) is 5.64. The molecule has 0 aliphatic rings.